The van der Waals surface area contributed by atoms with E-state index in [4.69, 9.17) is 9.47 Å². The summed E-state index contributed by atoms with van der Waals surface area (Å²) in [5.74, 6) is -0.732. The Kier molecular flexibility index (Phi) is 7.08. The van der Waals surface area contributed by atoms with Gasteiger partial charge in [0.15, 0.2) is 0 Å². The number of nitrogens with one attached hydrogen (secondary N) is 1. The first kappa shape index (κ1) is 26.4. The van der Waals surface area contributed by atoms with E-state index >= 15 is 0 Å². The van der Waals surface area contributed by atoms with Gasteiger partial charge in [0.2, 0.25) is 11.8 Å². The maximum Gasteiger partial charge on any atom is 0.410 e. The molecule has 4 heterocycles. The lowest BCUT2D eigenvalue weighted by molar-refractivity contribution is -0.135. The van der Waals surface area contributed by atoms with E-state index in [1.165, 1.54) is 4.57 Å². The summed E-state index contributed by atoms with van der Waals surface area (Å²) in [4.78, 5) is 53.5. The first-order valence-electron chi connectivity index (χ1n) is 13.4. The van der Waals surface area contributed by atoms with Gasteiger partial charge in [-0.15, -0.1) is 0 Å². The molecule has 3 fully saturated rings. The summed E-state index contributed by atoms with van der Waals surface area (Å²) in [5.41, 5.74) is 1.77. The van der Waals surface area contributed by atoms with E-state index in [-0.39, 0.29) is 36.3 Å². The third kappa shape index (κ3) is 5.35. The maximum atomic E-state index is 13.1. The number of hydrogen-bond acceptors (Lipinski definition) is 7. The van der Waals surface area contributed by atoms with Crippen LogP contribution in [-0.4, -0.2) is 80.8 Å². The molecule has 206 valence electrons. The van der Waals surface area contributed by atoms with E-state index in [2.05, 4.69) is 10.2 Å². The smallest absolute Gasteiger partial charge is 0.410 e. The lowest BCUT2D eigenvalue weighted by Gasteiger charge is -2.42. The molecule has 0 bridgehead atoms. The van der Waals surface area contributed by atoms with Crippen LogP contribution in [0.25, 0.3) is 11.0 Å². The molecule has 3 aliphatic rings. The number of hydrogen-bond donors (Lipinski definition) is 1. The van der Waals surface area contributed by atoms with Gasteiger partial charge in [0.1, 0.15) is 11.6 Å². The molecule has 1 N–H and O–H groups in total. The molecule has 3 amide bonds. The number of aromatic nitrogens is 2. The molecule has 0 radical (unpaired) electrons. The summed E-state index contributed by atoms with van der Waals surface area (Å²) in [7, 11) is 1.72. The molecule has 11 heteroatoms. The van der Waals surface area contributed by atoms with Crippen LogP contribution < -0.4 is 11.0 Å². The van der Waals surface area contributed by atoms with E-state index in [1.807, 2.05) is 39.0 Å². The van der Waals surface area contributed by atoms with Crippen LogP contribution >= 0.6 is 0 Å². The lowest BCUT2D eigenvalue weighted by Crippen LogP contribution is -2.54. The fourth-order valence-corrected chi connectivity index (χ4v) is 5.63. The first-order valence-corrected chi connectivity index (χ1v) is 13.4. The van der Waals surface area contributed by atoms with E-state index in [1.54, 1.807) is 16.5 Å². The van der Waals surface area contributed by atoms with Crippen LogP contribution in [0.2, 0.25) is 0 Å². The molecular weight excluding hydrogens is 490 g/mol. The average molecular weight is 528 g/mol. The molecule has 1 unspecified atom stereocenters. The summed E-state index contributed by atoms with van der Waals surface area (Å²) in [5, 5.41) is 2.35. The van der Waals surface area contributed by atoms with Crippen LogP contribution in [0.3, 0.4) is 0 Å². The Morgan fingerprint density at radius 1 is 1.05 bits per heavy atom. The number of aryl methyl sites for hydroxylation is 1. The Hall–Kier alpha value is -3.18. The molecular formula is C27H37N5O6. The molecule has 3 aliphatic heterocycles. The van der Waals surface area contributed by atoms with Crippen molar-refractivity contribution in [1.82, 2.24) is 24.3 Å². The minimum Gasteiger partial charge on any atom is -0.444 e. The summed E-state index contributed by atoms with van der Waals surface area (Å²) in [6.45, 7) is 9.15. The van der Waals surface area contributed by atoms with E-state index in [0.29, 0.717) is 31.6 Å². The summed E-state index contributed by atoms with van der Waals surface area (Å²) >= 11 is 0. The number of nitrogens with zero attached hydrogens (tertiary/aromatic N) is 4. The Balaban J connectivity index is 1.17. The molecule has 5 rings (SSSR count). The Labute approximate surface area is 221 Å². The third-order valence-electron chi connectivity index (χ3n) is 7.50. The van der Waals surface area contributed by atoms with Crippen molar-refractivity contribution in [2.24, 2.45) is 7.05 Å². The Bertz CT molecular complexity index is 1290. The van der Waals surface area contributed by atoms with Crippen LogP contribution in [0.4, 0.5) is 4.79 Å². The molecule has 0 aliphatic carbocycles. The standard InChI is InChI=1S/C27H37N5O6/c1-27(2,3)38-26(36)31-12-10-18(11-13-31)37-19-15-30(16-19)14-17-6-5-7-20-23(17)29(4)25(35)32(20)21-8-9-22(33)28-24(21)34/h5-7,18-19,21H,8-16H2,1-4H3,(H,28,33,34). The van der Waals surface area contributed by atoms with Gasteiger partial charge in [0.25, 0.3) is 0 Å². The van der Waals surface area contributed by atoms with Gasteiger partial charge in [-0.25, -0.2) is 9.59 Å². The largest absolute Gasteiger partial charge is 0.444 e. The second kappa shape index (κ2) is 10.2. The normalized spacial score (nSPS) is 22.0. The fraction of sp³-hybridized carbons (Fsp3) is 0.630. The highest BCUT2D eigenvalue weighted by atomic mass is 16.6. The van der Waals surface area contributed by atoms with Crippen LogP contribution in [0.5, 0.6) is 0 Å². The molecule has 1 aromatic carbocycles. The molecule has 0 spiro atoms. The minimum absolute atomic E-state index is 0.132. The quantitative estimate of drug-likeness (QED) is 0.591. The van der Waals surface area contributed by atoms with Gasteiger partial charge in [0.05, 0.1) is 23.2 Å². The SMILES string of the molecule is Cn1c(=O)n(C2CCC(=O)NC2=O)c2cccc(CN3CC(OC4CCN(C(=O)OC(C)(C)C)CC4)C3)c21. The summed E-state index contributed by atoms with van der Waals surface area (Å²) < 4.78 is 14.9. The van der Waals surface area contributed by atoms with Gasteiger partial charge in [-0.05, 0) is 51.7 Å². The first-order chi connectivity index (χ1) is 18.0. The number of piperidine rings is 2. The molecule has 1 aromatic heterocycles. The van der Waals surface area contributed by atoms with Crippen LogP contribution in [0.15, 0.2) is 23.0 Å². The van der Waals surface area contributed by atoms with Crippen LogP contribution in [-0.2, 0) is 32.7 Å². The average Bonchev–Trinajstić information content (AvgIpc) is 3.08. The topological polar surface area (TPSA) is 115 Å². The van der Waals surface area contributed by atoms with Crippen LogP contribution in [0, 0.1) is 0 Å². The highest BCUT2D eigenvalue weighted by Crippen LogP contribution is 2.28. The number of imidazole rings is 1. The number of rotatable bonds is 5. The Morgan fingerprint density at radius 3 is 2.42 bits per heavy atom. The van der Waals surface area contributed by atoms with Crippen molar-refractivity contribution in [3.8, 4) is 0 Å². The van der Waals surface area contributed by atoms with Crippen molar-refractivity contribution < 1.29 is 23.9 Å². The second-order valence-electron chi connectivity index (χ2n) is 11.6. The number of fused-ring (bicyclic) bond motifs is 1. The second-order valence-corrected chi connectivity index (χ2v) is 11.6. The lowest BCUT2D eigenvalue weighted by atomic mass is 10.0. The highest BCUT2D eigenvalue weighted by molar-refractivity contribution is 6.00. The zero-order valence-corrected chi connectivity index (χ0v) is 22.6. The number of carbonyl (C=O) groups excluding carboxylic acids is 3. The van der Waals surface area contributed by atoms with Crippen molar-refractivity contribution in [2.45, 2.75) is 76.9 Å². The molecule has 38 heavy (non-hydrogen) atoms. The molecule has 0 saturated carbocycles. The number of benzene rings is 1. The fourth-order valence-electron chi connectivity index (χ4n) is 5.63. The number of carbonyl (C=O) groups is 3. The number of likely N-dealkylation sites (tertiary alicyclic amines) is 2. The number of imide groups is 1. The predicted molar refractivity (Wildman–Crippen MR) is 140 cm³/mol. The van der Waals surface area contributed by atoms with Crippen molar-refractivity contribution in [3.63, 3.8) is 0 Å². The monoisotopic (exact) mass is 527 g/mol. The van der Waals surface area contributed by atoms with Gasteiger partial charge in [-0.2, -0.15) is 0 Å². The van der Waals surface area contributed by atoms with Gasteiger partial charge in [-0.1, -0.05) is 12.1 Å². The zero-order chi connectivity index (χ0) is 27.2. The van der Waals surface area contributed by atoms with Crippen molar-refractivity contribution in [3.05, 3.63) is 34.2 Å². The van der Waals surface area contributed by atoms with Gasteiger partial charge in [-0.3, -0.25) is 28.9 Å². The van der Waals surface area contributed by atoms with Gasteiger partial charge in [0, 0.05) is 46.2 Å². The number of ether oxygens (including phenoxy) is 2. The summed E-state index contributed by atoms with van der Waals surface area (Å²) in [6, 6.07) is 5.08. The highest BCUT2D eigenvalue weighted by Gasteiger charge is 2.35. The van der Waals surface area contributed by atoms with Gasteiger partial charge >= 0.3 is 11.8 Å². The molecule has 3 saturated heterocycles. The third-order valence-corrected chi connectivity index (χ3v) is 7.50. The van der Waals surface area contributed by atoms with Crippen molar-refractivity contribution in [2.75, 3.05) is 26.2 Å². The van der Waals surface area contributed by atoms with Crippen molar-refractivity contribution in [1.29, 1.82) is 0 Å². The number of para-hydroxylation sites is 1. The molecule has 2 aromatic rings. The molecule has 11 nitrogen and oxygen atoms in total. The maximum absolute atomic E-state index is 13.1. The van der Waals surface area contributed by atoms with Crippen molar-refractivity contribution >= 4 is 28.9 Å². The molecule has 1 atom stereocenters. The van der Waals surface area contributed by atoms with Gasteiger partial charge < -0.3 is 14.4 Å². The zero-order valence-electron chi connectivity index (χ0n) is 22.6. The van der Waals surface area contributed by atoms with E-state index in [9.17, 15) is 19.2 Å². The predicted octanol–water partition coefficient (Wildman–Crippen LogP) is 1.92. The van der Waals surface area contributed by atoms with Crippen LogP contribution in [0.1, 0.15) is 58.1 Å². The van der Waals surface area contributed by atoms with E-state index < -0.39 is 17.6 Å². The summed E-state index contributed by atoms with van der Waals surface area (Å²) in [6.07, 6.45) is 2.14. The number of amides is 3. The minimum atomic E-state index is -0.692. The van der Waals surface area contributed by atoms with E-state index in [0.717, 1.165) is 37.0 Å². The Morgan fingerprint density at radius 2 is 1.76 bits per heavy atom.